The molecule has 102 valence electrons. The van der Waals surface area contributed by atoms with Crippen molar-refractivity contribution in [3.8, 4) is 6.07 Å². The SMILES string of the molecule is N#CCCN(Cc1cccnc1)C(=O)c1nonc1N. The Balaban J connectivity index is 2.17. The third kappa shape index (κ3) is 3.08. The number of nitrogen functional groups attached to an aromatic ring is 1. The van der Waals surface area contributed by atoms with Crippen LogP contribution in [0.25, 0.3) is 0 Å². The highest BCUT2D eigenvalue weighted by Gasteiger charge is 2.22. The van der Waals surface area contributed by atoms with Crippen molar-refractivity contribution in [3.63, 3.8) is 0 Å². The van der Waals surface area contributed by atoms with E-state index in [-0.39, 0.29) is 24.5 Å². The number of amides is 1. The lowest BCUT2D eigenvalue weighted by molar-refractivity contribution is 0.0736. The highest BCUT2D eigenvalue weighted by Crippen LogP contribution is 2.12. The van der Waals surface area contributed by atoms with Crippen molar-refractivity contribution in [3.05, 3.63) is 35.8 Å². The minimum Gasteiger partial charge on any atom is -0.379 e. The lowest BCUT2D eigenvalue weighted by Crippen LogP contribution is -2.32. The van der Waals surface area contributed by atoms with Crippen molar-refractivity contribution in [2.45, 2.75) is 13.0 Å². The number of aromatic nitrogens is 3. The molecule has 20 heavy (non-hydrogen) atoms. The Kier molecular flexibility index (Phi) is 4.24. The van der Waals surface area contributed by atoms with Gasteiger partial charge in [0, 0.05) is 25.5 Å². The number of nitrogens with zero attached hydrogens (tertiary/aromatic N) is 5. The predicted molar refractivity (Wildman–Crippen MR) is 67.9 cm³/mol. The predicted octanol–water partition coefficient (Wildman–Crippen LogP) is 0.603. The summed E-state index contributed by atoms with van der Waals surface area (Å²) in [4.78, 5) is 17.7. The standard InChI is InChI=1S/C12H12N6O2/c13-4-2-6-18(8-9-3-1-5-15-7-9)12(19)10-11(14)17-20-16-10/h1,3,5,7H,2,6,8H2,(H2,14,17). The van der Waals surface area contributed by atoms with Gasteiger partial charge in [-0.05, 0) is 21.9 Å². The Morgan fingerprint density at radius 2 is 2.35 bits per heavy atom. The Morgan fingerprint density at radius 3 is 2.95 bits per heavy atom. The molecule has 2 rings (SSSR count). The molecule has 0 fully saturated rings. The number of anilines is 1. The number of rotatable bonds is 5. The van der Waals surface area contributed by atoms with Crippen LogP contribution in [-0.4, -0.2) is 32.6 Å². The van der Waals surface area contributed by atoms with Gasteiger partial charge in [-0.2, -0.15) is 5.26 Å². The Labute approximate surface area is 114 Å². The van der Waals surface area contributed by atoms with Gasteiger partial charge in [0.1, 0.15) is 0 Å². The van der Waals surface area contributed by atoms with Crippen molar-refractivity contribution in [1.29, 1.82) is 5.26 Å². The highest BCUT2D eigenvalue weighted by atomic mass is 16.6. The van der Waals surface area contributed by atoms with Gasteiger partial charge in [-0.3, -0.25) is 9.78 Å². The number of hydrogen-bond acceptors (Lipinski definition) is 7. The van der Waals surface area contributed by atoms with Crippen LogP contribution in [0.5, 0.6) is 0 Å². The average Bonchev–Trinajstić information content (AvgIpc) is 2.90. The van der Waals surface area contributed by atoms with E-state index in [2.05, 4.69) is 19.9 Å². The van der Waals surface area contributed by atoms with E-state index >= 15 is 0 Å². The first kappa shape index (κ1) is 13.5. The fraction of sp³-hybridized carbons (Fsp3) is 0.250. The van der Waals surface area contributed by atoms with Gasteiger partial charge in [-0.25, -0.2) is 4.63 Å². The number of nitrogens with two attached hydrogens (primary N) is 1. The van der Waals surface area contributed by atoms with E-state index < -0.39 is 5.91 Å². The number of hydrogen-bond donors (Lipinski definition) is 1. The summed E-state index contributed by atoms with van der Waals surface area (Å²) in [7, 11) is 0. The molecule has 0 aliphatic carbocycles. The topological polar surface area (TPSA) is 122 Å². The Bertz CT molecular complexity index is 618. The second-order valence-corrected chi connectivity index (χ2v) is 3.99. The second-order valence-electron chi connectivity index (χ2n) is 3.99. The Morgan fingerprint density at radius 1 is 1.50 bits per heavy atom. The molecular formula is C12H12N6O2. The van der Waals surface area contributed by atoms with Crippen LogP contribution in [0.3, 0.4) is 0 Å². The smallest absolute Gasteiger partial charge is 0.280 e. The molecule has 0 saturated carbocycles. The molecule has 0 saturated heterocycles. The molecule has 0 bridgehead atoms. The maximum Gasteiger partial charge on any atom is 0.280 e. The van der Waals surface area contributed by atoms with Crippen LogP contribution >= 0.6 is 0 Å². The fourth-order valence-electron chi connectivity index (χ4n) is 1.64. The van der Waals surface area contributed by atoms with Gasteiger partial charge < -0.3 is 10.6 Å². The van der Waals surface area contributed by atoms with Crippen LogP contribution in [0.4, 0.5) is 5.82 Å². The number of nitriles is 1. The zero-order valence-electron chi connectivity index (χ0n) is 10.6. The third-order valence-electron chi connectivity index (χ3n) is 2.59. The summed E-state index contributed by atoms with van der Waals surface area (Å²) in [5, 5.41) is 15.5. The molecule has 0 radical (unpaired) electrons. The summed E-state index contributed by atoms with van der Waals surface area (Å²) in [5.41, 5.74) is 6.30. The Hall–Kier alpha value is -2.95. The summed E-state index contributed by atoms with van der Waals surface area (Å²) in [6.07, 6.45) is 3.50. The first-order chi connectivity index (χ1) is 9.72. The van der Waals surface area contributed by atoms with Gasteiger partial charge >= 0.3 is 0 Å². The monoisotopic (exact) mass is 272 g/mol. The summed E-state index contributed by atoms with van der Waals surface area (Å²) >= 11 is 0. The van der Waals surface area contributed by atoms with Crippen LogP contribution in [0.15, 0.2) is 29.2 Å². The van der Waals surface area contributed by atoms with E-state index in [0.29, 0.717) is 6.54 Å². The number of carbonyl (C=O) groups excluding carboxylic acids is 1. The van der Waals surface area contributed by atoms with Crippen LogP contribution in [0.1, 0.15) is 22.5 Å². The van der Waals surface area contributed by atoms with Gasteiger partial charge in [-0.15, -0.1) is 0 Å². The normalized spacial score (nSPS) is 9.95. The highest BCUT2D eigenvalue weighted by molar-refractivity contribution is 5.96. The largest absolute Gasteiger partial charge is 0.379 e. The van der Waals surface area contributed by atoms with Crippen LogP contribution < -0.4 is 5.73 Å². The summed E-state index contributed by atoms with van der Waals surface area (Å²) in [6.45, 7) is 0.567. The maximum absolute atomic E-state index is 12.3. The van der Waals surface area contributed by atoms with E-state index in [1.165, 1.54) is 4.90 Å². The minimum absolute atomic E-state index is 0.0492. The van der Waals surface area contributed by atoms with E-state index in [9.17, 15) is 4.79 Å². The van der Waals surface area contributed by atoms with E-state index in [1.807, 2.05) is 12.1 Å². The molecule has 0 spiro atoms. The summed E-state index contributed by atoms with van der Waals surface area (Å²) in [6, 6.07) is 5.61. The molecule has 0 aliphatic rings. The van der Waals surface area contributed by atoms with E-state index in [4.69, 9.17) is 11.0 Å². The fourth-order valence-corrected chi connectivity index (χ4v) is 1.64. The minimum atomic E-state index is -0.428. The molecule has 0 aromatic carbocycles. The maximum atomic E-state index is 12.3. The number of carbonyl (C=O) groups is 1. The molecule has 0 aliphatic heterocycles. The number of pyridine rings is 1. The molecule has 2 aromatic heterocycles. The van der Waals surface area contributed by atoms with Crippen molar-refractivity contribution >= 4 is 11.7 Å². The molecular weight excluding hydrogens is 260 g/mol. The lowest BCUT2D eigenvalue weighted by atomic mass is 10.2. The summed E-state index contributed by atoms with van der Waals surface area (Å²) in [5.74, 6) is -0.494. The molecule has 0 atom stereocenters. The zero-order valence-corrected chi connectivity index (χ0v) is 10.6. The van der Waals surface area contributed by atoms with E-state index in [0.717, 1.165) is 5.56 Å². The quantitative estimate of drug-likeness (QED) is 0.845. The van der Waals surface area contributed by atoms with Gasteiger partial charge in [0.25, 0.3) is 5.91 Å². The molecule has 8 nitrogen and oxygen atoms in total. The first-order valence-corrected chi connectivity index (χ1v) is 5.85. The molecule has 2 aromatic rings. The summed E-state index contributed by atoms with van der Waals surface area (Å²) < 4.78 is 4.42. The van der Waals surface area contributed by atoms with Gasteiger partial charge in [0.2, 0.25) is 11.5 Å². The lowest BCUT2D eigenvalue weighted by Gasteiger charge is -2.20. The van der Waals surface area contributed by atoms with Gasteiger partial charge in [0.05, 0.1) is 12.5 Å². The first-order valence-electron chi connectivity index (χ1n) is 5.85. The second kappa shape index (κ2) is 6.29. The molecule has 8 heteroatoms. The average molecular weight is 272 g/mol. The molecule has 2 N–H and O–H groups in total. The van der Waals surface area contributed by atoms with Crippen LogP contribution in [-0.2, 0) is 6.54 Å². The van der Waals surface area contributed by atoms with E-state index in [1.54, 1.807) is 18.5 Å². The molecule has 0 unspecified atom stereocenters. The molecule has 2 heterocycles. The molecule has 1 amide bonds. The van der Waals surface area contributed by atoms with Crippen molar-refractivity contribution in [2.75, 3.05) is 12.3 Å². The van der Waals surface area contributed by atoms with Crippen molar-refractivity contribution in [2.24, 2.45) is 0 Å². The van der Waals surface area contributed by atoms with Crippen LogP contribution in [0, 0.1) is 11.3 Å². The third-order valence-corrected chi connectivity index (χ3v) is 2.59. The van der Waals surface area contributed by atoms with Crippen molar-refractivity contribution in [1.82, 2.24) is 20.2 Å². The van der Waals surface area contributed by atoms with Gasteiger partial charge in [0.15, 0.2) is 0 Å². The van der Waals surface area contributed by atoms with Crippen molar-refractivity contribution < 1.29 is 9.42 Å². The van der Waals surface area contributed by atoms with Crippen LogP contribution in [0.2, 0.25) is 0 Å². The van der Waals surface area contributed by atoms with Gasteiger partial charge in [-0.1, -0.05) is 6.07 Å². The zero-order chi connectivity index (χ0) is 14.4.